The predicted molar refractivity (Wildman–Crippen MR) is 133 cm³/mol. The number of hydrogen-bond acceptors (Lipinski definition) is 4. The van der Waals surface area contributed by atoms with Crippen molar-refractivity contribution in [3.8, 4) is 0 Å². The Morgan fingerprint density at radius 1 is 1.03 bits per heavy atom. The van der Waals surface area contributed by atoms with Crippen molar-refractivity contribution < 1.29 is 19.1 Å². The van der Waals surface area contributed by atoms with Crippen LogP contribution in [0.2, 0.25) is 0 Å². The Balaban J connectivity index is 1.31. The fourth-order valence-electron chi connectivity index (χ4n) is 8.59. The van der Waals surface area contributed by atoms with Crippen LogP contribution in [0.1, 0.15) is 70.8 Å². The highest BCUT2D eigenvalue weighted by atomic mass is 16.5. The van der Waals surface area contributed by atoms with Crippen molar-refractivity contribution in [2.24, 2.45) is 34.5 Å². The minimum atomic E-state index is -0.672. The van der Waals surface area contributed by atoms with Crippen LogP contribution in [-0.2, 0) is 25.5 Å². The molecule has 2 N–H and O–H groups in total. The summed E-state index contributed by atoms with van der Waals surface area (Å²) in [6, 6.07) is 9.41. The summed E-state index contributed by atoms with van der Waals surface area (Å²) in [5.41, 5.74) is 1.13. The molecule has 3 aliphatic carbocycles. The van der Waals surface area contributed by atoms with Crippen LogP contribution in [0.4, 0.5) is 0 Å². The molecule has 0 spiro atoms. The van der Waals surface area contributed by atoms with Crippen LogP contribution in [0.25, 0.3) is 0 Å². The first-order chi connectivity index (χ1) is 16.8. The summed E-state index contributed by atoms with van der Waals surface area (Å²) in [5, 5.41) is 6.38. The smallest absolute Gasteiger partial charge is 0.328 e. The molecule has 1 aliphatic heterocycles. The van der Waals surface area contributed by atoms with Crippen molar-refractivity contribution >= 4 is 17.8 Å². The first kappa shape index (κ1) is 24.3. The third-order valence-corrected chi connectivity index (χ3v) is 10.5. The summed E-state index contributed by atoms with van der Waals surface area (Å²) in [6.45, 7) is 4.73. The lowest BCUT2D eigenvalue weighted by Crippen LogP contribution is -2.61. The molecule has 4 fully saturated rings. The van der Waals surface area contributed by atoms with Gasteiger partial charge in [-0.2, -0.15) is 0 Å². The highest BCUT2D eigenvalue weighted by molar-refractivity contribution is 5.86. The number of fused-ring (bicyclic) bond motifs is 5. The van der Waals surface area contributed by atoms with E-state index in [1.54, 1.807) is 0 Å². The van der Waals surface area contributed by atoms with Gasteiger partial charge < -0.3 is 15.4 Å². The summed E-state index contributed by atoms with van der Waals surface area (Å²) in [7, 11) is 1.38. The third-order valence-electron chi connectivity index (χ3n) is 10.5. The maximum absolute atomic E-state index is 13.6. The molecule has 1 saturated heterocycles. The monoisotopic (exact) mass is 480 g/mol. The number of nitrogens with one attached hydrogen (secondary N) is 2. The van der Waals surface area contributed by atoms with Gasteiger partial charge in [-0.05, 0) is 79.1 Å². The van der Waals surface area contributed by atoms with Gasteiger partial charge in [0.15, 0.2) is 0 Å². The van der Waals surface area contributed by atoms with E-state index in [0.717, 1.165) is 50.5 Å². The van der Waals surface area contributed by atoms with Gasteiger partial charge in [-0.15, -0.1) is 0 Å². The van der Waals surface area contributed by atoms with Crippen molar-refractivity contribution in [2.45, 2.75) is 83.7 Å². The molecular weight excluding hydrogens is 440 g/mol. The largest absolute Gasteiger partial charge is 0.467 e. The fraction of sp³-hybridized carbons (Fsp3) is 0.690. The van der Waals surface area contributed by atoms with Crippen LogP contribution in [0, 0.1) is 34.5 Å². The van der Waals surface area contributed by atoms with Crippen molar-refractivity contribution in [2.75, 3.05) is 7.11 Å². The average molecular weight is 481 g/mol. The van der Waals surface area contributed by atoms with E-state index in [9.17, 15) is 14.4 Å². The SMILES string of the molecule is COC(=O)[C@@H](Cc1ccccc1)NC(=O)[C@H]1CC[C@H]2[C@@H]3CC[C@H]4NC(=O)CC[C@]4(C)[C@H]3CC[C@]12C. The Morgan fingerprint density at radius 3 is 2.51 bits per heavy atom. The van der Waals surface area contributed by atoms with Crippen molar-refractivity contribution in [3.05, 3.63) is 35.9 Å². The molecule has 0 bridgehead atoms. The molecule has 8 atom stereocenters. The standard InChI is InChI=1S/C29H40N2O4/c1-28-15-13-21-19(9-12-24-29(21,2)16-14-25(32)31-24)20(28)10-11-22(28)26(33)30-23(27(34)35-3)17-18-7-5-4-6-8-18/h4-8,19-24H,9-17H2,1-3H3,(H,30,33)(H,31,32)/t19-,20-,21-,22+,23+,24+,28-,29+/m0/s1. The lowest BCUT2D eigenvalue weighted by atomic mass is 9.47. The van der Waals surface area contributed by atoms with Gasteiger partial charge in [0.1, 0.15) is 6.04 Å². The van der Waals surface area contributed by atoms with E-state index in [1.165, 1.54) is 7.11 Å². The molecule has 35 heavy (non-hydrogen) atoms. The second kappa shape index (κ2) is 9.25. The lowest BCUT2D eigenvalue weighted by molar-refractivity contribution is -0.148. The maximum Gasteiger partial charge on any atom is 0.328 e. The van der Waals surface area contributed by atoms with Gasteiger partial charge in [-0.25, -0.2) is 4.79 Å². The second-order valence-corrected chi connectivity index (χ2v) is 12.0. The molecule has 190 valence electrons. The molecular formula is C29H40N2O4. The molecule has 0 aromatic heterocycles. The van der Waals surface area contributed by atoms with Crippen LogP contribution in [0.15, 0.2) is 30.3 Å². The van der Waals surface area contributed by atoms with E-state index >= 15 is 0 Å². The van der Waals surface area contributed by atoms with E-state index in [4.69, 9.17) is 4.74 Å². The number of piperidine rings is 1. The molecule has 4 aliphatic rings. The van der Waals surface area contributed by atoms with Gasteiger partial charge in [-0.1, -0.05) is 44.2 Å². The Bertz CT molecular complexity index is 980. The maximum atomic E-state index is 13.6. The van der Waals surface area contributed by atoms with Crippen molar-refractivity contribution in [1.29, 1.82) is 0 Å². The van der Waals surface area contributed by atoms with E-state index in [1.807, 2.05) is 30.3 Å². The topological polar surface area (TPSA) is 84.5 Å². The van der Waals surface area contributed by atoms with Gasteiger partial charge in [0.2, 0.25) is 11.8 Å². The van der Waals surface area contributed by atoms with Crippen LogP contribution in [0.3, 0.4) is 0 Å². The molecule has 1 aromatic carbocycles. The number of carbonyl (C=O) groups excluding carboxylic acids is 3. The average Bonchev–Trinajstić information content (AvgIpc) is 3.21. The van der Waals surface area contributed by atoms with Crippen LogP contribution < -0.4 is 10.6 Å². The zero-order chi connectivity index (χ0) is 24.8. The zero-order valence-corrected chi connectivity index (χ0v) is 21.3. The Labute approximate surface area is 208 Å². The van der Waals surface area contributed by atoms with E-state index in [0.29, 0.717) is 36.6 Å². The van der Waals surface area contributed by atoms with Crippen molar-refractivity contribution in [3.63, 3.8) is 0 Å². The number of hydrogen-bond donors (Lipinski definition) is 2. The minimum absolute atomic E-state index is 0.00427. The lowest BCUT2D eigenvalue weighted by Gasteiger charge is -2.60. The summed E-state index contributed by atoms with van der Waals surface area (Å²) in [6.07, 6.45) is 8.35. The number of rotatable bonds is 5. The zero-order valence-electron chi connectivity index (χ0n) is 21.3. The first-order valence-corrected chi connectivity index (χ1v) is 13.5. The quantitative estimate of drug-likeness (QED) is 0.624. The highest BCUT2D eigenvalue weighted by Gasteiger charge is 2.61. The van der Waals surface area contributed by atoms with E-state index in [-0.39, 0.29) is 28.6 Å². The molecule has 3 saturated carbocycles. The number of benzene rings is 1. The summed E-state index contributed by atoms with van der Waals surface area (Å²) >= 11 is 0. The van der Waals surface area contributed by atoms with Crippen molar-refractivity contribution in [1.82, 2.24) is 10.6 Å². The Morgan fingerprint density at radius 2 is 1.77 bits per heavy atom. The normalized spacial score (nSPS) is 38.8. The molecule has 1 heterocycles. The predicted octanol–water partition coefficient (Wildman–Crippen LogP) is 4.02. The molecule has 0 unspecified atom stereocenters. The van der Waals surface area contributed by atoms with E-state index in [2.05, 4.69) is 24.5 Å². The number of amides is 2. The van der Waals surface area contributed by atoms with Gasteiger partial charge >= 0.3 is 5.97 Å². The summed E-state index contributed by atoms with van der Waals surface area (Å²) in [4.78, 5) is 38.2. The number of ether oxygens (including phenoxy) is 1. The van der Waals surface area contributed by atoms with Crippen LogP contribution >= 0.6 is 0 Å². The number of carbonyl (C=O) groups is 3. The van der Waals surface area contributed by atoms with Crippen LogP contribution in [0.5, 0.6) is 0 Å². The summed E-state index contributed by atoms with van der Waals surface area (Å²) < 4.78 is 5.04. The Hall–Kier alpha value is -2.37. The number of methoxy groups -OCH3 is 1. The molecule has 6 nitrogen and oxygen atoms in total. The summed E-state index contributed by atoms with van der Waals surface area (Å²) in [5.74, 6) is 1.50. The van der Waals surface area contributed by atoms with Crippen LogP contribution in [-0.4, -0.2) is 37.0 Å². The Kier molecular flexibility index (Phi) is 6.43. The van der Waals surface area contributed by atoms with E-state index < -0.39 is 12.0 Å². The molecule has 2 amide bonds. The minimum Gasteiger partial charge on any atom is -0.467 e. The fourth-order valence-corrected chi connectivity index (χ4v) is 8.59. The second-order valence-electron chi connectivity index (χ2n) is 12.0. The molecule has 1 aromatic rings. The van der Waals surface area contributed by atoms with Gasteiger partial charge in [0, 0.05) is 24.8 Å². The molecule has 0 radical (unpaired) electrons. The first-order valence-electron chi connectivity index (χ1n) is 13.5. The molecule has 5 rings (SSSR count). The van der Waals surface area contributed by atoms with Gasteiger partial charge in [0.05, 0.1) is 7.11 Å². The highest BCUT2D eigenvalue weighted by Crippen LogP contribution is 2.65. The van der Waals surface area contributed by atoms with Gasteiger partial charge in [0.25, 0.3) is 0 Å². The third kappa shape index (κ3) is 4.17. The molecule has 6 heteroatoms. The van der Waals surface area contributed by atoms with Gasteiger partial charge in [-0.3, -0.25) is 9.59 Å². The number of esters is 1.